The molecule has 0 aromatic heterocycles. The van der Waals surface area contributed by atoms with E-state index >= 15 is 0 Å². The molecule has 0 radical (unpaired) electrons. The van der Waals surface area contributed by atoms with Crippen molar-refractivity contribution >= 4 is 27.3 Å². The Kier molecular flexibility index (Phi) is 6.93. The average molecular weight is 431 g/mol. The maximum atomic E-state index is 13.7. The maximum absolute atomic E-state index is 13.7. The number of nitro benzene ring substituents is 1. The number of anilines is 1. The van der Waals surface area contributed by atoms with E-state index in [1.165, 1.54) is 0 Å². The van der Waals surface area contributed by atoms with Crippen molar-refractivity contribution in [2.75, 3.05) is 18.4 Å². The van der Waals surface area contributed by atoms with Crippen LogP contribution in [0.1, 0.15) is 13.3 Å². The molecule has 0 aliphatic heterocycles. The Morgan fingerprint density at radius 1 is 1.10 bits per heavy atom. The van der Waals surface area contributed by atoms with Crippen molar-refractivity contribution in [2.45, 2.75) is 18.2 Å². The topological polar surface area (TPSA) is 110 Å². The Bertz CT molecular complexity index is 1030. The predicted octanol–water partition coefficient (Wildman–Crippen LogP) is 3.05. The summed E-state index contributed by atoms with van der Waals surface area (Å²) in [5.74, 6) is -5.80. The lowest BCUT2D eigenvalue weighted by Crippen LogP contribution is -2.38. The second-order valence-corrected chi connectivity index (χ2v) is 7.80. The van der Waals surface area contributed by atoms with Gasteiger partial charge in [-0.3, -0.25) is 14.9 Å². The van der Waals surface area contributed by atoms with Crippen LogP contribution in [-0.2, 0) is 14.8 Å². The van der Waals surface area contributed by atoms with Crippen LogP contribution in [0.4, 0.5) is 24.5 Å². The van der Waals surface area contributed by atoms with Crippen molar-refractivity contribution in [3.63, 3.8) is 0 Å². The summed E-state index contributed by atoms with van der Waals surface area (Å²) in [7, 11) is -4.20. The zero-order valence-electron chi connectivity index (χ0n) is 15.1. The van der Waals surface area contributed by atoms with Gasteiger partial charge in [-0.05, 0) is 30.7 Å². The molecule has 12 heteroatoms. The Balaban J connectivity index is 2.23. The number of hydrogen-bond acceptors (Lipinski definition) is 5. The lowest BCUT2D eigenvalue weighted by molar-refractivity contribution is -0.384. The molecule has 0 saturated carbocycles. The molecule has 2 rings (SSSR count). The van der Waals surface area contributed by atoms with Crippen LogP contribution in [0.15, 0.2) is 41.3 Å². The van der Waals surface area contributed by atoms with Crippen molar-refractivity contribution in [3.8, 4) is 0 Å². The smallest absolute Gasteiger partial charge is 0.269 e. The second-order valence-electron chi connectivity index (χ2n) is 5.86. The molecule has 29 heavy (non-hydrogen) atoms. The maximum Gasteiger partial charge on any atom is 0.269 e. The number of benzene rings is 2. The molecule has 8 nitrogen and oxygen atoms in total. The summed E-state index contributed by atoms with van der Waals surface area (Å²) in [4.78, 5) is 21.9. The number of halogens is 3. The van der Waals surface area contributed by atoms with E-state index in [1.54, 1.807) is 6.92 Å². The fourth-order valence-electron chi connectivity index (χ4n) is 2.39. The van der Waals surface area contributed by atoms with Gasteiger partial charge in [0.05, 0.1) is 22.1 Å². The van der Waals surface area contributed by atoms with Gasteiger partial charge in [0.2, 0.25) is 15.9 Å². The minimum Gasteiger partial charge on any atom is -0.322 e. The van der Waals surface area contributed by atoms with Crippen LogP contribution in [0.3, 0.4) is 0 Å². The number of nitrogens with one attached hydrogen (secondary N) is 1. The summed E-state index contributed by atoms with van der Waals surface area (Å²) in [5.41, 5.74) is -0.948. The quantitative estimate of drug-likeness (QED) is 0.393. The van der Waals surface area contributed by atoms with E-state index in [0.29, 0.717) is 12.5 Å². The molecule has 2 aromatic carbocycles. The van der Waals surface area contributed by atoms with Gasteiger partial charge < -0.3 is 5.32 Å². The van der Waals surface area contributed by atoms with Crippen LogP contribution in [0.25, 0.3) is 0 Å². The summed E-state index contributed by atoms with van der Waals surface area (Å²) >= 11 is 0. The second kappa shape index (κ2) is 9.01. The van der Waals surface area contributed by atoms with Gasteiger partial charge in [0, 0.05) is 18.7 Å². The van der Waals surface area contributed by atoms with E-state index in [4.69, 9.17) is 0 Å². The molecular formula is C17H16F3N3O5S. The fourth-order valence-corrected chi connectivity index (χ4v) is 3.88. The predicted molar refractivity (Wildman–Crippen MR) is 97.1 cm³/mol. The number of sulfonamides is 1. The molecule has 0 saturated heterocycles. The van der Waals surface area contributed by atoms with E-state index in [2.05, 4.69) is 0 Å². The molecule has 0 unspecified atom stereocenters. The standard InChI is InChI=1S/C17H16F3N3O5S/c1-2-9-22(29(27,28)12-5-3-11(4-6-12)23(25)26)10-15(24)21-14-8-7-13(18)16(19)17(14)20/h3-8H,2,9-10H2,1H3,(H,21,24). The van der Waals surface area contributed by atoms with Crippen molar-refractivity contribution < 1.29 is 31.3 Å². The number of nitrogens with zero attached hydrogens (tertiary/aromatic N) is 2. The first-order chi connectivity index (χ1) is 13.6. The van der Waals surface area contributed by atoms with Gasteiger partial charge in [-0.1, -0.05) is 6.92 Å². The molecule has 0 spiro atoms. The van der Waals surface area contributed by atoms with E-state index < -0.39 is 50.5 Å². The molecule has 0 bridgehead atoms. The zero-order chi connectivity index (χ0) is 21.8. The highest BCUT2D eigenvalue weighted by Gasteiger charge is 2.27. The normalized spacial score (nSPS) is 11.5. The van der Waals surface area contributed by atoms with Crippen LogP contribution in [0, 0.1) is 27.6 Å². The van der Waals surface area contributed by atoms with Crippen LogP contribution < -0.4 is 5.32 Å². The summed E-state index contributed by atoms with van der Waals surface area (Å²) in [6, 6.07) is 5.50. The van der Waals surface area contributed by atoms with E-state index in [9.17, 15) is 36.5 Å². The lowest BCUT2D eigenvalue weighted by atomic mass is 10.2. The van der Waals surface area contributed by atoms with E-state index in [1.807, 2.05) is 5.32 Å². The molecule has 156 valence electrons. The molecule has 0 aliphatic carbocycles. The Labute approximate surface area is 164 Å². The number of rotatable bonds is 8. The van der Waals surface area contributed by atoms with Crippen LogP contribution >= 0.6 is 0 Å². The summed E-state index contributed by atoms with van der Waals surface area (Å²) in [5, 5.41) is 12.7. The molecule has 1 amide bonds. The number of carbonyl (C=O) groups is 1. The minimum atomic E-state index is -4.20. The molecule has 0 fully saturated rings. The summed E-state index contributed by atoms with van der Waals surface area (Å²) < 4.78 is 66.2. The number of amides is 1. The van der Waals surface area contributed by atoms with Crippen LogP contribution in [0.5, 0.6) is 0 Å². The molecular weight excluding hydrogens is 415 g/mol. The fraction of sp³-hybridized carbons (Fsp3) is 0.235. The molecule has 1 N–H and O–H groups in total. The molecule has 2 aromatic rings. The first kappa shape index (κ1) is 22.3. The van der Waals surface area contributed by atoms with Gasteiger partial charge >= 0.3 is 0 Å². The zero-order valence-corrected chi connectivity index (χ0v) is 15.9. The molecule has 0 atom stereocenters. The number of nitro groups is 1. The van der Waals surface area contributed by atoms with Gasteiger partial charge in [0.1, 0.15) is 0 Å². The van der Waals surface area contributed by atoms with Gasteiger partial charge in [0.15, 0.2) is 17.5 Å². The molecule has 0 aliphatic rings. The third-order valence-electron chi connectivity index (χ3n) is 3.79. The number of carbonyl (C=O) groups excluding carboxylic acids is 1. The molecule has 0 heterocycles. The number of non-ortho nitro benzene ring substituents is 1. The SMILES string of the molecule is CCCN(CC(=O)Nc1ccc(F)c(F)c1F)S(=O)(=O)c1ccc([N+](=O)[O-])cc1. The first-order valence-electron chi connectivity index (χ1n) is 8.26. The van der Waals surface area contributed by atoms with E-state index in [0.717, 1.165) is 34.6 Å². The number of hydrogen-bond donors (Lipinski definition) is 1. The Morgan fingerprint density at radius 3 is 2.28 bits per heavy atom. The van der Waals surface area contributed by atoms with Crippen LogP contribution in [0.2, 0.25) is 0 Å². The minimum absolute atomic E-state index is 0.0764. The Hall–Kier alpha value is -2.99. The highest BCUT2D eigenvalue weighted by atomic mass is 32.2. The van der Waals surface area contributed by atoms with Gasteiger partial charge in [-0.25, -0.2) is 21.6 Å². The third kappa shape index (κ3) is 5.09. The largest absolute Gasteiger partial charge is 0.322 e. The van der Waals surface area contributed by atoms with Gasteiger partial charge in [0.25, 0.3) is 5.69 Å². The van der Waals surface area contributed by atoms with Crippen molar-refractivity contribution in [3.05, 3.63) is 64.0 Å². The van der Waals surface area contributed by atoms with Crippen molar-refractivity contribution in [2.24, 2.45) is 0 Å². The van der Waals surface area contributed by atoms with Gasteiger partial charge in [-0.15, -0.1) is 0 Å². The monoisotopic (exact) mass is 431 g/mol. The van der Waals surface area contributed by atoms with Crippen molar-refractivity contribution in [1.82, 2.24) is 4.31 Å². The first-order valence-corrected chi connectivity index (χ1v) is 9.70. The van der Waals surface area contributed by atoms with Crippen LogP contribution in [-0.4, -0.2) is 36.6 Å². The van der Waals surface area contributed by atoms with Crippen molar-refractivity contribution in [1.29, 1.82) is 0 Å². The van der Waals surface area contributed by atoms with Gasteiger partial charge in [-0.2, -0.15) is 4.31 Å². The highest BCUT2D eigenvalue weighted by Crippen LogP contribution is 2.22. The summed E-state index contributed by atoms with van der Waals surface area (Å²) in [6.45, 7) is 0.851. The highest BCUT2D eigenvalue weighted by molar-refractivity contribution is 7.89. The van der Waals surface area contributed by atoms with E-state index in [-0.39, 0.29) is 17.1 Å². The third-order valence-corrected chi connectivity index (χ3v) is 5.65. The Morgan fingerprint density at radius 2 is 1.72 bits per heavy atom. The average Bonchev–Trinajstić information content (AvgIpc) is 2.68. The summed E-state index contributed by atoms with van der Waals surface area (Å²) in [6.07, 6.45) is 0.332. The lowest BCUT2D eigenvalue weighted by Gasteiger charge is -2.21.